The lowest BCUT2D eigenvalue weighted by molar-refractivity contribution is 0.244. The number of hydrogen-bond acceptors (Lipinski definition) is 3. The van der Waals surface area contributed by atoms with Gasteiger partial charge < -0.3 is 19.5 Å². The second kappa shape index (κ2) is 5.85. The van der Waals surface area contributed by atoms with Gasteiger partial charge in [0.2, 0.25) is 0 Å². The van der Waals surface area contributed by atoms with Crippen molar-refractivity contribution >= 4 is 10.9 Å². The Bertz CT molecular complexity index is 585. The summed E-state index contributed by atoms with van der Waals surface area (Å²) in [5.41, 5.74) is 2.62. The Morgan fingerprint density at radius 1 is 1.20 bits per heavy atom. The van der Waals surface area contributed by atoms with Crippen molar-refractivity contribution in [3.05, 3.63) is 30.0 Å². The van der Waals surface area contributed by atoms with Crippen LogP contribution in [-0.4, -0.2) is 49.3 Å². The standard InChI is InChI=1S/C16H23N3O/c1-18-9-6-14-13(3-4-15(20-2)16(14)18)5-10-19-11-7-17-8-12-19/h3-4,6,9,17H,5,7-8,10-12H2,1-2H3. The lowest BCUT2D eigenvalue weighted by Crippen LogP contribution is -2.44. The number of benzene rings is 1. The van der Waals surface area contributed by atoms with Crippen LogP contribution in [0.25, 0.3) is 10.9 Å². The Labute approximate surface area is 120 Å². The summed E-state index contributed by atoms with van der Waals surface area (Å²) < 4.78 is 7.62. The smallest absolute Gasteiger partial charge is 0.143 e. The molecule has 1 aliphatic rings. The minimum absolute atomic E-state index is 0.957. The fourth-order valence-corrected chi connectivity index (χ4v) is 3.04. The highest BCUT2D eigenvalue weighted by Crippen LogP contribution is 2.29. The molecule has 0 unspecified atom stereocenters. The van der Waals surface area contributed by atoms with Crippen molar-refractivity contribution in [2.75, 3.05) is 39.8 Å². The van der Waals surface area contributed by atoms with Crippen molar-refractivity contribution in [2.45, 2.75) is 6.42 Å². The average molecular weight is 273 g/mol. The normalized spacial score (nSPS) is 16.7. The third-order valence-corrected chi connectivity index (χ3v) is 4.21. The second-order valence-electron chi connectivity index (χ2n) is 5.46. The molecule has 3 rings (SSSR count). The number of aromatic nitrogens is 1. The molecule has 4 heteroatoms. The molecule has 0 radical (unpaired) electrons. The van der Waals surface area contributed by atoms with E-state index in [1.165, 1.54) is 16.5 Å². The summed E-state index contributed by atoms with van der Waals surface area (Å²) in [5, 5.41) is 4.72. The number of fused-ring (bicyclic) bond motifs is 1. The molecule has 1 saturated heterocycles. The van der Waals surface area contributed by atoms with Gasteiger partial charge in [0.15, 0.2) is 0 Å². The minimum atomic E-state index is 0.957. The average Bonchev–Trinajstić information content (AvgIpc) is 2.89. The van der Waals surface area contributed by atoms with E-state index in [0.717, 1.165) is 44.9 Å². The maximum Gasteiger partial charge on any atom is 0.143 e. The van der Waals surface area contributed by atoms with Crippen LogP contribution in [0.1, 0.15) is 5.56 Å². The van der Waals surface area contributed by atoms with Gasteiger partial charge in [0.05, 0.1) is 12.6 Å². The molecule has 0 saturated carbocycles. The van der Waals surface area contributed by atoms with E-state index in [2.05, 4.69) is 46.2 Å². The third-order valence-electron chi connectivity index (χ3n) is 4.21. The molecule has 4 nitrogen and oxygen atoms in total. The van der Waals surface area contributed by atoms with E-state index in [1.54, 1.807) is 7.11 Å². The van der Waals surface area contributed by atoms with Crippen LogP contribution < -0.4 is 10.1 Å². The SMILES string of the molecule is COc1ccc(CCN2CCNCC2)c2ccn(C)c12. The van der Waals surface area contributed by atoms with Gasteiger partial charge in [0.25, 0.3) is 0 Å². The highest BCUT2D eigenvalue weighted by atomic mass is 16.5. The molecular weight excluding hydrogens is 250 g/mol. The summed E-state index contributed by atoms with van der Waals surface area (Å²) >= 11 is 0. The molecule has 1 N–H and O–H groups in total. The summed E-state index contributed by atoms with van der Waals surface area (Å²) in [6.45, 7) is 5.69. The number of ether oxygens (including phenoxy) is 1. The molecule has 0 amide bonds. The second-order valence-corrected chi connectivity index (χ2v) is 5.46. The molecule has 1 aliphatic heterocycles. The van der Waals surface area contributed by atoms with E-state index in [-0.39, 0.29) is 0 Å². The number of nitrogens with one attached hydrogen (secondary N) is 1. The van der Waals surface area contributed by atoms with E-state index in [4.69, 9.17) is 4.74 Å². The van der Waals surface area contributed by atoms with Gasteiger partial charge in [-0.15, -0.1) is 0 Å². The summed E-state index contributed by atoms with van der Waals surface area (Å²) in [7, 11) is 3.81. The Balaban J connectivity index is 1.81. The zero-order valence-electron chi connectivity index (χ0n) is 12.4. The fraction of sp³-hybridized carbons (Fsp3) is 0.500. The number of methoxy groups -OCH3 is 1. The van der Waals surface area contributed by atoms with Gasteiger partial charge in [-0.05, 0) is 24.1 Å². The van der Waals surface area contributed by atoms with Crippen molar-refractivity contribution in [1.82, 2.24) is 14.8 Å². The van der Waals surface area contributed by atoms with Crippen LogP contribution in [0.2, 0.25) is 0 Å². The monoisotopic (exact) mass is 273 g/mol. The summed E-state index contributed by atoms with van der Waals surface area (Å²) in [6, 6.07) is 6.50. The van der Waals surface area contributed by atoms with Crippen molar-refractivity contribution in [3.63, 3.8) is 0 Å². The van der Waals surface area contributed by atoms with Gasteiger partial charge in [-0.1, -0.05) is 6.07 Å². The molecule has 0 spiro atoms. The number of rotatable bonds is 4. The summed E-state index contributed by atoms with van der Waals surface area (Å²) in [6.07, 6.45) is 3.21. The molecular formula is C16H23N3O. The highest BCUT2D eigenvalue weighted by molar-refractivity contribution is 5.89. The van der Waals surface area contributed by atoms with Crippen LogP contribution in [-0.2, 0) is 13.5 Å². The van der Waals surface area contributed by atoms with E-state index in [9.17, 15) is 0 Å². The third kappa shape index (κ3) is 2.53. The topological polar surface area (TPSA) is 29.4 Å². The molecule has 1 fully saturated rings. The Hall–Kier alpha value is -1.52. The van der Waals surface area contributed by atoms with Gasteiger partial charge in [-0.3, -0.25) is 0 Å². The van der Waals surface area contributed by atoms with Gasteiger partial charge in [-0.25, -0.2) is 0 Å². The predicted octanol–water partition coefficient (Wildman–Crippen LogP) is 1.63. The molecule has 20 heavy (non-hydrogen) atoms. The first-order valence-corrected chi connectivity index (χ1v) is 7.33. The maximum absolute atomic E-state index is 5.48. The van der Waals surface area contributed by atoms with Gasteiger partial charge >= 0.3 is 0 Å². The first-order valence-electron chi connectivity index (χ1n) is 7.33. The van der Waals surface area contributed by atoms with Crippen molar-refractivity contribution in [3.8, 4) is 5.75 Å². The van der Waals surface area contributed by atoms with Crippen LogP contribution in [0.4, 0.5) is 0 Å². The van der Waals surface area contributed by atoms with E-state index < -0.39 is 0 Å². The fourth-order valence-electron chi connectivity index (χ4n) is 3.04. The van der Waals surface area contributed by atoms with Crippen LogP contribution in [0, 0.1) is 0 Å². The summed E-state index contributed by atoms with van der Waals surface area (Å²) in [5.74, 6) is 0.957. The number of hydrogen-bond donors (Lipinski definition) is 1. The maximum atomic E-state index is 5.48. The largest absolute Gasteiger partial charge is 0.495 e. The molecule has 0 aliphatic carbocycles. The van der Waals surface area contributed by atoms with Crippen LogP contribution >= 0.6 is 0 Å². The number of piperazine rings is 1. The van der Waals surface area contributed by atoms with Gasteiger partial charge in [-0.2, -0.15) is 0 Å². The Kier molecular flexibility index (Phi) is 3.94. The quantitative estimate of drug-likeness (QED) is 0.918. The van der Waals surface area contributed by atoms with Gasteiger partial charge in [0, 0.05) is 51.4 Å². The predicted molar refractivity (Wildman–Crippen MR) is 82.5 cm³/mol. The van der Waals surface area contributed by atoms with Crippen molar-refractivity contribution in [1.29, 1.82) is 0 Å². The summed E-state index contributed by atoms with van der Waals surface area (Å²) in [4.78, 5) is 2.54. The molecule has 108 valence electrons. The Morgan fingerprint density at radius 3 is 2.75 bits per heavy atom. The first-order chi connectivity index (χ1) is 9.79. The lowest BCUT2D eigenvalue weighted by atomic mass is 10.1. The molecule has 2 heterocycles. The van der Waals surface area contributed by atoms with Crippen molar-refractivity contribution in [2.24, 2.45) is 7.05 Å². The zero-order valence-corrected chi connectivity index (χ0v) is 12.4. The van der Waals surface area contributed by atoms with E-state index >= 15 is 0 Å². The van der Waals surface area contributed by atoms with E-state index in [1.807, 2.05) is 0 Å². The minimum Gasteiger partial charge on any atom is -0.495 e. The molecule has 1 aromatic carbocycles. The lowest BCUT2D eigenvalue weighted by Gasteiger charge is -2.27. The molecule has 0 bridgehead atoms. The molecule has 1 aromatic heterocycles. The molecule has 2 aromatic rings. The van der Waals surface area contributed by atoms with Crippen LogP contribution in [0.3, 0.4) is 0 Å². The highest BCUT2D eigenvalue weighted by Gasteiger charge is 2.12. The number of aryl methyl sites for hydroxylation is 1. The van der Waals surface area contributed by atoms with Crippen LogP contribution in [0.5, 0.6) is 5.75 Å². The van der Waals surface area contributed by atoms with Gasteiger partial charge in [0.1, 0.15) is 5.75 Å². The van der Waals surface area contributed by atoms with E-state index in [0.29, 0.717) is 0 Å². The van der Waals surface area contributed by atoms with Crippen LogP contribution in [0.15, 0.2) is 24.4 Å². The first kappa shape index (κ1) is 13.5. The van der Waals surface area contributed by atoms with Crippen molar-refractivity contribution < 1.29 is 4.74 Å². The molecule has 0 atom stereocenters. The number of nitrogens with zero attached hydrogens (tertiary/aromatic N) is 2. The zero-order chi connectivity index (χ0) is 13.9. The Morgan fingerprint density at radius 2 is 2.00 bits per heavy atom.